The van der Waals surface area contributed by atoms with E-state index in [1.165, 1.54) is 24.8 Å². The number of nitrogens with one attached hydrogen (secondary N) is 2. The molecule has 21 heavy (non-hydrogen) atoms. The van der Waals surface area contributed by atoms with Crippen molar-refractivity contribution in [2.75, 3.05) is 5.32 Å². The molecule has 1 aromatic carbocycles. The summed E-state index contributed by atoms with van der Waals surface area (Å²) in [6.07, 6.45) is 5.74. The minimum atomic E-state index is -0.0999. The van der Waals surface area contributed by atoms with Gasteiger partial charge >= 0.3 is 0 Å². The van der Waals surface area contributed by atoms with Crippen LogP contribution in [0.2, 0.25) is 0 Å². The minimum absolute atomic E-state index is 0.0999. The zero-order chi connectivity index (χ0) is 14.8. The van der Waals surface area contributed by atoms with Gasteiger partial charge in [0.2, 0.25) is 5.91 Å². The second-order valence-corrected chi connectivity index (χ2v) is 6.87. The van der Waals surface area contributed by atoms with Crippen molar-refractivity contribution in [2.24, 2.45) is 11.8 Å². The van der Waals surface area contributed by atoms with Gasteiger partial charge in [0, 0.05) is 18.2 Å². The molecule has 0 spiro atoms. The van der Waals surface area contributed by atoms with Crippen LogP contribution in [-0.2, 0) is 11.2 Å². The first kappa shape index (κ1) is 14.4. The molecule has 1 amide bonds. The summed E-state index contributed by atoms with van der Waals surface area (Å²) < 4.78 is 0. The Labute approximate surface area is 127 Å². The van der Waals surface area contributed by atoms with Gasteiger partial charge in [-0.2, -0.15) is 0 Å². The standard InChI is InChI=1S/C18H26N2O/c1-12(2)14-8-4-6-10-16(14)20-18(21)17-11-13-7-3-5-9-15(13)19-17/h3,5,7,9,12,14,16-17,19H,4,6,8,10-11H2,1-2H3,(H,20,21)/t14?,16?,17-/m0/s1. The number of anilines is 1. The molecule has 0 saturated heterocycles. The normalized spacial score (nSPS) is 28.0. The smallest absolute Gasteiger partial charge is 0.243 e. The minimum Gasteiger partial charge on any atom is -0.373 e. The summed E-state index contributed by atoms with van der Waals surface area (Å²) in [6, 6.07) is 8.47. The molecule has 1 saturated carbocycles. The molecule has 3 rings (SSSR count). The Morgan fingerprint density at radius 1 is 1.24 bits per heavy atom. The Bertz CT molecular complexity index is 487. The molecule has 1 aliphatic carbocycles. The number of carbonyl (C=O) groups is 1. The number of hydrogen-bond donors (Lipinski definition) is 2. The number of carbonyl (C=O) groups excluding carboxylic acids is 1. The molecule has 2 aliphatic rings. The van der Waals surface area contributed by atoms with Gasteiger partial charge in [-0.25, -0.2) is 0 Å². The van der Waals surface area contributed by atoms with Gasteiger partial charge in [-0.3, -0.25) is 4.79 Å². The summed E-state index contributed by atoms with van der Waals surface area (Å²) >= 11 is 0. The molecule has 1 aliphatic heterocycles. The summed E-state index contributed by atoms with van der Waals surface area (Å²) in [4.78, 5) is 12.6. The van der Waals surface area contributed by atoms with Crippen LogP contribution in [0.25, 0.3) is 0 Å². The third kappa shape index (κ3) is 3.07. The van der Waals surface area contributed by atoms with Crippen molar-refractivity contribution >= 4 is 11.6 Å². The SMILES string of the molecule is CC(C)C1CCCCC1NC(=O)[C@@H]1Cc2ccccc2N1. The van der Waals surface area contributed by atoms with Crippen LogP contribution >= 0.6 is 0 Å². The fraction of sp³-hybridized carbons (Fsp3) is 0.611. The maximum Gasteiger partial charge on any atom is 0.243 e. The zero-order valence-electron chi connectivity index (χ0n) is 13.1. The van der Waals surface area contributed by atoms with E-state index in [0.717, 1.165) is 18.5 Å². The van der Waals surface area contributed by atoms with E-state index in [4.69, 9.17) is 0 Å². The number of benzene rings is 1. The molecular formula is C18H26N2O. The highest BCUT2D eigenvalue weighted by Gasteiger charge is 2.32. The Hall–Kier alpha value is -1.51. The lowest BCUT2D eigenvalue weighted by Gasteiger charge is -2.35. The van der Waals surface area contributed by atoms with E-state index in [2.05, 4.69) is 36.6 Å². The fourth-order valence-electron chi connectivity index (χ4n) is 3.88. The number of hydrogen-bond acceptors (Lipinski definition) is 2. The third-order valence-electron chi connectivity index (χ3n) is 5.09. The van der Waals surface area contributed by atoms with Crippen LogP contribution in [-0.4, -0.2) is 18.0 Å². The van der Waals surface area contributed by atoms with Gasteiger partial charge in [0.1, 0.15) is 6.04 Å². The Morgan fingerprint density at radius 3 is 2.76 bits per heavy atom. The number of para-hydroxylation sites is 1. The third-order valence-corrected chi connectivity index (χ3v) is 5.09. The average molecular weight is 286 g/mol. The number of amides is 1. The first-order chi connectivity index (χ1) is 10.1. The largest absolute Gasteiger partial charge is 0.373 e. The summed E-state index contributed by atoms with van der Waals surface area (Å²) in [5.74, 6) is 1.44. The first-order valence-corrected chi connectivity index (χ1v) is 8.30. The Balaban J connectivity index is 1.62. The predicted molar refractivity (Wildman–Crippen MR) is 86.3 cm³/mol. The van der Waals surface area contributed by atoms with E-state index in [1.807, 2.05) is 12.1 Å². The van der Waals surface area contributed by atoms with Crippen LogP contribution in [0.3, 0.4) is 0 Å². The molecule has 0 radical (unpaired) electrons. The van der Waals surface area contributed by atoms with Gasteiger partial charge in [-0.05, 0) is 36.3 Å². The second-order valence-electron chi connectivity index (χ2n) is 6.87. The average Bonchev–Trinajstić information content (AvgIpc) is 2.91. The first-order valence-electron chi connectivity index (χ1n) is 8.30. The van der Waals surface area contributed by atoms with Gasteiger partial charge in [0.05, 0.1) is 0 Å². The van der Waals surface area contributed by atoms with Crippen LogP contribution < -0.4 is 10.6 Å². The Morgan fingerprint density at radius 2 is 2.00 bits per heavy atom. The highest BCUT2D eigenvalue weighted by molar-refractivity contribution is 5.87. The van der Waals surface area contributed by atoms with E-state index >= 15 is 0 Å². The molecule has 3 nitrogen and oxygen atoms in total. The van der Waals surface area contributed by atoms with Crippen LogP contribution in [0, 0.1) is 11.8 Å². The van der Waals surface area contributed by atoms with E-state index in [1.54, 1.807) is 0 Å². The van der Waals surface area contributed by atoms with Gasteiger partial charge < -0.3 is 10.6 Å². The molecule has 3 atom stereocenters. The lowest BCUT2D eigenvalue weighted by Crippen LogP contribution is -2.49. The van der Waals surface area contributed by atoms with Crippen LogP contribution in [0.15, 0.2) is 24.3 Å². The van der Waals surface area contributed by atoms with Crippen molar-refractivity contribution in [3.05, 3.63) is 29.8 Å². The summed E-state index contributed by atoms with van der Waals surface area (Å²) in [5.41, 5.74) is 2.36. The highest BCUT2D eigenvalue weighted by Crippen LogP contribution is 2.31. The zero-order valence-corrected chi connectivity index (χ0v) is 13.1. The van der Waals surface area contributed by atoms with E-state index < -0.39 is 0 Å². The van der Waals surface area contributed by atoms with Crippen molar-refractivity contribution in [1.82, 2.24) is 5.32 Å². The maximum atomic E-state index is 12.6. The van der Waals surface area contributed by atoms with Gasteiger partial charge in [0.25, 0.3) is 0 Å². The summed E-state index contributed by atoms with van der Waals surface area (Å²) in [6.45, 7) is 4.55. The van der Waals surface area contributed by atoms with Crippen molar-refractivity contribution in [1.29, 1.82) is 0 Å². The van der Waals surface area contributed by atoms with Crippen molar-refractivity contribution < 1.29 is 4.79 Å². The van der Waals surface area contributed by atoms with Gasteiger partial charge in [0.15, 0.2) is 0 Å². The van der Waals surface area contributed by atoms with E-state index in [9.17, 15) is 4.79 Å². The van der Waals surface area contributed by atoms with Gasteiger partial charge in [-0.15, -0.1) is 0 Å². The van der Waals surface area contributed by atoms with Gasteiger partial charge in [-0.1, -0.05) is 44.9 Å². The lowest BCUT2D eigenvalue weighted by atomic mass is 9.77. The number of rotatable bonds is 3. The molecule has 114 valence electrons. The lowest BCUT2D eigenvalue weighted by molar-refractivity contribution is -0.123. The van der Waals surface area contributed by atoms with E-state index in [-0.39, 0.29) is 11.9 Å². The molecule has 3 heteroatoms. The second kappa shape index (κ2) is 6.08. The topological polar surface area (TPSA) is 41.1 Å². The van der Waals surface area contributed by atoms with Crippen molar-refractivity contribution in [3.8, 4) is 0 Å². The molecule has 0 bridgehead atoms. The molecule has 1 fully saturated rings. The summed E-state index contributed by atoms with van der Waals surface area (Å²) in [5, 5.41) is 6.68. The van der Waals surface area contributed by atoms with Crippen LogP contribution in [0.5, 0.6) is 0 Å². The molecule has 2 N–H and O–H groups in total. The van der Waals surface area contributed by atoms with E-state index in [0.29, 0.717) is 17.9 Å². The molecule has 2 unspecified atom stereocenters. The molecule has 1 aromatic rings. The quantitative estimate of drug-likeness (QED) is 0.894. The summed E-state index contributed by atoms with van der Waals surface area (Å²) in [7, 11) is 0. The molecule has 0 aromatic heterocycles. The maximum absolute atomic E-state index is 12.6. The van der Waals surface area contributed by atoms with Crippen LogP contribution in [0.1, 0.15) is 45.1 Å². The highest BCUT2D eigenvalue weighted by atomic mass is 16.2. The molecule has 1 heterocycles. The van der Waals surface area contributed by atoms with Crippen LogP contribution in [0.4, 0.5) is 5.69 Å². The van der Waals surface area contributed by atoms with Crippen molar-refractivity contribution in [3.63, 3.8) is 0 Å². The van der Waals surface area contributed by atoms with Crippen molar-refractivity contribution in [2.45, 2.75) is 58.0 Å². The molecular weight excluding hydrogens is 260 g/mol. The Kier molecular flexibility index (Phi) is 4.18. The fourth-order valence-corrected chi connectivity index (χ4v) is 3.88. The number of fused-ring (bicyclic) bond motifs is 1. The predicted octanol–water partition coefficient (Wildman–Crippen LogP) is 3.35. The monoisotopic (exact) mass is 286 g/mol.